The maximum atomic E-state index is 14.1. The molecule has 2 amide bonds. The number of halogens is 2. The van der Waals surface area contributed by atoms with Gasteiger partial charge in [0.1, 0.15) is 23.1 Å². The zero-order valence-electron chi connectivity index (χ0n) is 28.3. The number of benzene rings is 6. The van der Waals surface area contributed by atoms with Crippen LogP contribution < -0.4 is 15.1 Å². The number of hydrogen-bond donors (Lipinski definition) is 1. The molecular weight excluding hydrogens is 733 g/mol. The molecule has 7 nitrogen and oxygen atoms in total. The molecule has 0 aliphatic carbocycles. The summed E-state index contributed by atoms with van der Waals surface area (Å²) in [5.41, 5.74) is 6.74. The average molecular weight is 761 g/mol. The van der Waals surface area contributed by atoms with Crippen LogP contribution in [0, 0.1) is 0 Å². The van der Waals surface area contributed by atoms with Crippen LogP contribution in [0.25, 0.3) is 12.2 Å². The summed E-state index contributed by atoms with van der Waals surface area (Å²) < 4.78 is 0. The molecule has 6 aromatic carbocycles. The Balaban J connectivity index is 1.06. The van der Waals surface area contributed by atoms with Crippen LogP contribution in [0.15, 0.2) is 177 Å². The van der Waals surface area contributed by atoms with Gasteiger partial charge < -0.3 is 5.32 Å². The number of fused-ring (bicyclic) bond motifs is 2. The summed E-state index contributed by atoms with van der Waals surface area (Å²) in [6, 6.07) is 45.8. The minimum Gasteiger partial charge on any atom is -0.354 e. The number of hydrogen-bond acceptors (Lipinski definition) is 6. The summed E-state index contributed by atoms with van der Waals surface area (Å²) in [6.45, 7) is 0. The molecule has 0 atom stereocenters. The van der Waals surface area contributed by atoms with Crippen molar-refractivity contribution in [2.24, 2.45) is 9.98 Å². The molecule has 6 aromatic rings. The third-order valence-electron chi connectivity index (χ3n) is 9.12. The molecule has 1 N–H and O–H groups in total. The SMILES string of the molecule is O=C1C(=Cc2ccccc2Cl)N=C(c2ccccc2)N1c1ccc2c(c1)Sc1cc(N3C(=O)C(=Cc4ccccc4Cl)N=C3c3ccccc3)ccc1N2. The first-order valence-corrected chi connectivity index (χ1v) is 18.6. The van der Waals surface area contributed by atoms with Gasteiger partial charge in [0, 0.05) is 31.0 Å². The third kappa shape index (κ3) is 6.20. The molecule has 3 aliphatic rings. The van der Waals surface area contributed by atoms with E-state index in [9.17, 15) is 9.59 Å². The van der Waals surface area contributed by atoms with Gasteiger partial charge >= 0.3 is 0 Å². The third-order valence-corrected chi connectivity index (χ3v) is 10.9. The van der Waals surface area contributed by atoms with E-state index in [1.165, 1.54) is 0 Å². The maximum absolute atomic E-state index is 14.1. The number of carbonyl (C=O) groups excluding carboxylic acids is 2. The first-order valence-electron chi connectivity index (χ1n) is 17.0. The molecule has 0 saturated carbocycles. The fourth-order valence-electron chi connectivity index (χ4n) is 6.49. The van der Waals surface area contributed by atoms with Crippen molar-refractivity contribution in [3.05, 3.63) is 189 Å². The smallest absolute Gasteiger partial charge is 0.282 e. The molecular formula is C44H27Cl2N5O2S. The van der Waals surface area contributed by atoms with Crippen molar-refractivity contribution < 1.29 is 9.59 Å². The van der Waals surface area contributed by atoms with Crippen molar-refractivity contribution in [2.45, 2.75) is 9.79 Å². The van der Waals surface area contributed by atoms with Crippen molar-refractivity contribution in [1.82, 2.24) is 0 Å². The highest BCUT2D eigenvalue weighted by atomic mass is 35.5. The van der Waals surface area contributed by atoms with Crippen LogP contribution in [0.3, 0.4) is 0 Å². The molecule has 0 spiro atoms. The Morgan fingerprint density at radius 1 is 0.519 bits per heavy atom. The Hall–Kier alpha value is -6.19. The van der Waals surface area contributed by atoms with Crippen LogP contribution in [-0.2, 0) is 9.59 Å². The molecule has 3 aliphatic heterocycles. The van der Waals surface area contributed by atoms with Gasteiger partial charge in [-0.2, -0.15) is 0 Å². The van der Waals surface area contributed by atoms with E-state index in [-0.39, 0.29) is 23.2 Å². The van der Waals surface area contributed by atoms with Gasteiger partial charge in [-0.05, 0) is 71.8 Å². The number of carbonyl (C=O) groups is 2. The fourth-order valence-corrected chi connectivity index (χ4v) is 7.93. The lowest BCUT2D eigenvalue weighted by atomic mass is 10.1. The van der Waals surface area contributed by atoms with Crippen LogP contribution in [0.2, 0.25) is 10.0 Å². The Morgan fingerprint density at radius 2 is 0.926 bits per heavy atom. The minimum atomic E-state index is -0.258. The van der Waals surface area contributed by atoms with Gasteiger partial charge in [-0.25, -0.2) is 9.98 Å². The predicted molar refractivity (Wildman–Crippen MR) is 220 cm³/mol. The van der Waals surface area contributed by atoms with E-state index in [2.05, 4.69) is 5.32 Å². The molecule has 260 valence electrons. The number of rotatable bonds is 6. The van der Waals surface area contributed by atoms with E-state index in [0.29, 0.717) is 44.2 Å². The minimum absolute atomic E-state index is 0.258. The van der Waals surface area contributed by atoms with E-state index in [4.69, 9.17) is 33.2 Å². The number of anilines is 4. The van der Waals surface area contributed by atoms with Crippen LogP contribution >= 0.6 is 35.0 Å². The zero-order valence-corrected chi connectivity index (χ0v) is 30.6. The van der Waals surface area contributed by atoms with Crippen molar-refractivity contribution >= 4 is 93.4 Å². The standard InChI is InChI=1S/C44H27Cl2N5O2S/c45-33-17-9-7-15-29(33)23-37-43(52)50(41(48-37)27-11-3-1-4-12-27)31-19-21-35-39(25-31)54-40-26-32(20-22-36(40)47-35)51-42(28-13-5-2-6-14-28)49-38(44(51)53)24-30-16-8-10-18-34(30)46/h1-26,47H. The number of amides is 2. The fraction of sp³-hybridized carbons (Fsp3) is 0. The van der Waals surface area contributed by atoms with E-state index in [1.807, 2.05) is 133 Å². The Kier molecular flexibility index (Phi) is 8.71. The summed E-state index contributed by atoms with van der Waals surface area (Å²) in [7, 11) is 0. The second-order valence-corrected chi connectivity index (χ2v) is 14.5. The summed E-state index contributed by atoms with van der Waals surface area (Å²) in [4.78, 5) is 43.0. The van der Waals surface area contributed by atoms with Gasteiger partial charge in [0.2, 0.25) is 0 Å². The van der Waals surface area contributed by atoms with E-state index >= 15 is 0 Å². The first-order chi connectivity index (χ1) is 26.4. The molecule has 0 radical (unpaired) electrons. The highest BCUT2D eigenvalue weighted by Gasteiger charge is 2.35. The molecule has 0 unspecified atom stereocenters. The summed E-state index contributed by atoms with van der Waals surface area (Å²) in [6.07, 6.45) is 3.45. The predicted octanol–water partition coefficient (Wildman–Crippen LogP) is 10.9. The van der Waals surface area contributed by atoms with Crippen molar-refractivity contribution in [3.8, 4) is 0 Å². The lowest BCUT2D eigenvalue weighted by molar-refractivity contribution is -0.114. The van der Waals surface area contributed by atoms with Crippen LogP contribution in [0.5, 0.6) is 0 Å². The largest absolute Gasteiger partial charge is 0.354 e. The van der Waals surface area contributed by atoms with E-state index in [0.717, 1.165) is 32.3 Å². The zero-order chi connectivity index (χ0) is 36.8. The second kappa shape index (κ2) is 14.0. The first kappa shape index (κ1) is 33.6. The monoisotopic (exact) mass is 759 g/mol. The molecule has 0 fully saturated rings. The molecule has 3 heterocycles. The van der Waals surface area contributed by atoms with Gasteiger partial charge in [-0.3, -0.25) is 19.4 Å². The molecule has 0 bridgehead atoms. The van der Waals surface area contributed by atoms with E-state index in [1.54, 1.807) is 45.8 Å². The molecule has 9 rings (SSSR count). The molecule has 0 aromatic heterocycles. The Labute approximate surface area is 325 Å². The van der Waals surface area contributed by atoms with Crippen LogP contribution in [0.4, 0.5) is 22.7 Å². The lowest BCUT2D eigenvalue weighted by Crippen LogP contribution is -2.32. The molecule has 10 heteroatoms. The number of amidine groups is 2. The average Bonchev–Trinajstić information content (AvgIpc) is 3.71. The lowest BCUT2D eigenvalue weighted by Gasteiger charge is -2.26. The highest BCUT2D eigenvalue weighted by Crippen LogP contribution is 2.47. The van der Waals surface area contributed by atoms with Gasteiger partial charge in [-0.15, -0.1) is 0 Å². The number of aliphatic imine (C=N–C) groups is 2. The Morgan fingerprint density at radius 3 is 1.35 bits per heavy atom. The Bertz CT molecular complexity index is 2460. The number of nitrogens with one attached hydrogen (secondary N) is 1. The van der Waals surface area contributed by atoms with Crippen LogP contribution in [0.1, 0.15) is 22.3 Å². The van der Waals surface area contributed by atoms with Gasteiger partial charge in [0.05, 0.1) is 22.7 Å². The highest BCUT2D eigenvalue weighted by molar-refractivity contribution is 7.99. The quantitative estimate of drug-likeness (QED) is 0.171. The second-order valence-electron chi connectivity index (χ2n) is 12.6. The van der Waals surface area contributed by atoms with Crippen molar-refractivity contribution in [3.63, 3.8) is 0 Å². The number of nitrogens with zero attached hydrogens (tertiary/aromatic N) is 4. The molecule has 0 saturated heterocycles. The van der Waals surface area contributed by atoms with Crippen LogP contribution in [-0.4, -0.2) is 23.5 Å². The van der Waals surface area contributed by atoms with Crippen molar-refractivity contribution in [2.75, 3.05) is 15.1 Å². The normalized spacial score (nSPS) is 16.3. The summed E-state index contributed by atoms with van der Waals surface area (Å²) >= 11 is 14.5. The van der Waals surface area contributed by atoms with Gasteiger partial charge in [0.25, 0.3) is 11.8 Å². The topological polar surface area (TPSA) is 77.4 Å². The summed E-state index contributed by atoms with van der Waals surface area (Å²) in [5.74, 6) is 0.532. The van der Waals surface area contributed by atoms with Gasteiger partial charge in [0.15, 0.2) is 0 Å². The molecule has 54 heavy (non-hydrogen) atoms. The van der Waals surface area contributed by atoms with E-state index < -0.39 is 0 Å². The van der Waals surface area contributed by atoms with Gasteiger partial charge in [-0.1, -0.05) is 132 Å². The maximum Gasteiger partial charge on any atom is 0.282 e. The summed E-state index contributed by atoms with van der Waals surface area (Å²) in [5, 5.41) is 4.61. The van der Waals surface area contributed by atoms with Crippen molar-refractivity contribution in [1.29, 1.82) is 0 Å².